The number of rotatable bonds is 8. The molecule has 0 aliphatic carbocycles. The van der Waals surface area contributed by atoms with Gasteiger partial charge in [0.2, 0.25) is 0 Å². The highest BCUT2D eigenvalue weighted by molar-refractivity contribution is 5.05. The molecule has 1 aromatic rings. The Kier molecular flexibility index (Phi) is 6.74. The Morgan fingerprint density at radius 1 is 1.33 bits per heavy atom. The zero-order valence-electron chi connectivity index (χ0n) is 13.8. The molecule has 1 aliphatic rings. The molecule has 1 N–H and O–H groups in total. The number of piperidine rings is 1. The van der Waals surface area contributed by atoms with Gasteiger partial charge in [0.05, 0.1) is 12.3 Å². The van der Waals surface area contributed by atoms with Crippen molar-refractivity contribution >= 4 is 0 Å². The molecule has 1 aromatic heterocycles. The molecule has 1 fully saturated rings. The van der Waals surface area contributed by atoms with Gasteiger partial charge in [-0.15, -0.1) is 0 Å². The third-order valence-electron chi connectivity index (χ3n) is 4.73. The first kappa shape index (κ1) is 16.5. The van der Waals surface area contributed by atoms with Crippen molar-refractivity contribution in [3.8, 4) is 0 Å². The fraction of sp³-hybridized carbons (Fsp3) is 0.765. The Morgan fingerprint density at radius 2 is 2.05 bits per heavy atom. The smallest absolute Gasteiger partial charge is 0.122 e. The Balaban J connectivity index is 1.82. The fourth-order valence-electron chi connectivity index (χ4n) is 3.25. The van der Waals surface area contributed by atoms with Crippen molar-refractivity contribution in [2.45, 2.75) is 32.7 Å². The van der Waals surface area contributed by atoms with E-state index >= 15 is 0 Å². The van der Waals surface area contributed by atoms with Crippen LogP contribution in [0.5, 0.6) is 0 Å². The van der Waals surface area contributed by atoms with Crippen LogP contribution in [0.3, 0.4) is 0 Å². The van der Waals surface area contributed by atoms with Crippen LogP contribution in [0.1, 0.15) is 38.5 Å². The minimum absolute atomic E-state index is 0.348. The van der Waals surface area contributed by atoms with Crippen molar-refractivity contribution < 1.29 is 4.42 Å². The summed E-state index contributed by atoms with van der Waals surface area (Å²) in [6.07, 6.45) is 4.42. The van der Waals surface area contributed by atoms with Gasteiger partial charge in [0.15, 0.2) is 0 Å². The first-order chi connectivity index (χ1) is 10.2. The van der Waals surface area contributed by atoms with E-state index in [1.807, 2.05) is 6.07 Å². The first-order valence-corrected chi connectivity index (χ1v) is 8.41. The molecule has 1 atom stereocenters. The van der Waals surface area contributed by atoms with E-state index in [0.717, 1.165) is 37.9 Å². The molecule has 0 amide bonds. The van der Waals surface area contributed by atoms with E-state index in [4.69, 9.17) is 4.42 Å². The molecule has 120 valence electrons. The molecule has 0 saturated carbocycles. The van der Waals surface area contributed by atoms with Crippen LogP contribution in [0.2, 0.25) is 0 Å². The molecule has 1 unspecified atom stereocenters. The lowest BCUT2D eigenvalue weighted by Gasteiger charge is -2.31. The van der Waals surface area contributed by atoms with Gasteiger partial charge >= 0.3 is 0 Å². The summed E-state index contributed by atoms with van der Waals surface area (Å²) in [4.78, 5) is 4.89. The van der Waals surface area contributed by atoms with E-state index in [-0.39, 0.29) is 0 Å². The number of hydrogen-bond donors (Lipinski definition) is 1. The molecule has 1 saturated heterocycles. The second-order valence-corrected chi connectivity index (χ2v) is 6.16. The summed E-state index contributed by atoms with van der Waals surface area (Å²) in [6, 6.07) is 4.43. The maximum atomic E-state index is 5.65. The number of nitrogens with one attached hydrogen (secondary N) is 1. The van der Waals surface area contributed by atoms with Crippen LogP contribution in [0.15, 0.2) is 22.8 Å². The molecule has 0 spiro atoms. The van der Waals surface area contributed by atoms with E-state index in [1.165, 1.54) is 25.9 Å². The summed E-state index contributed by atoms with van der Waals surface area (Å²) < 4.78 is 5.65. The van der Waals surface area contributed by atoms with Crippen LogP contribution in [0.4, 0.5) is 0 Å². The van der Waals surface area contributed by atoms with Gasteiger partial charge < -0.3 is 14.6 Å². The van der Waals surface area contributed by atoms with E-state index in [0.29, 0.717) is 6.04 Å². The molecular formula is C17H31N3O. The van der Waals surface area contributed by atoms with Crippen LogP contribution in [-0.2, 0) is 0 Å². The van der Waals surface area contributed by atoms with Gasteiger partial charge in [0.1, 0.15) is 5.76 Å². The molecular weight excluding hydrogens is 262 g/mol. The molecule has 2 heterocycles. The van der Waals surface area contributed by atoms with Gasteiger partial charge in [0, 0.05) is 6.54 Å². The highest BCUT2D eigenvalue weighted by atomic mass is 16.3. The van der Waals surface area contributed by atoms with Crippen LogP contribution >= 0.6 is 0 Å². The van der Waals surface area contributed by atoms with E-state index < -0.39 is 0 Å². The van der Waals surface area contributed by atoms with Gasteiger partial charge in [-0.25, -0.2) is 0 Å². The second kappa shape index (κ2) is 8.57. The molecule has 2 rings (SSSR count). The normalized spacial score (nSPS) is 19.2. The molecule has 0 aromatic carbocycles. The monoisotopic (exact) mass is 293 g/mol. The summed E-state index contributed by atoms with van der Waals surface area (Å²) >= 11 is 0. The van der Waals surface area contributed by atoms with Crippen molar-refractivity contribution in [3.05, 3.63) is 24.2 Å². The van der Waals surface area contributed by atoms with Gasteiger partial charge in [-0.3, -0.25) is 4.90 Å². The van der Waals surface area contributed by atoms with Crippen molar-refractivity contribution in [2.75, 3.05) is 46.3 Å². The summed E-state index contributed by atoms with van der Waals surface area (Å²) in [7, 11) is 2.22. The standard InChI is InChI=1S/C17H31N3O/c1-4-20(5-2)16(17-7-6-12-21-17)14-18-13-15-8-10-19(3)11-9-15/h6-7,12,15-16,18H,4-5,8-11,13-14H2,1-3H3. The predicted octanol–water partition coefficient (Wildman–Crippen LogP) is 2.59. The SMILES string of the molecule is CCN(CC)C(CNCC1CCN(C)CC1)c1ccco1. The number of likely N-dealkylation sites (tertiary alicyclic amines) is 1. The van der Waals surface area contributed by atoms with Gasteiger partial charge in [-0.2, -0.15) is 0 Å². The van der Waals surface area contributed by atoms with E-state index in [1.54, 1.807) is 6.26 Å². The van der Waals surface area contributed by atoms with Crippen LogP contribution in [0, 0.1) is 5.92 Å². The maximum absolute atomic E-state index is 5.65. The minimum atomic E-state index is 0.348. The average molecular weight is 293 g/mol. The Morgan fingerprint density at radius 3 is 2.62 bits per heavy atom. The maximum Gasteiger partial charge on any atom is 0.122 e. The van der Waals surface area contributed by atoms with Gasteiger partial charge in [-0.1, -0.05) is 13.8 Å². The summed E-state index contributed by atoms with van der Waals surface area (Å²) in [5.74, 6) is 1.91. The lowest BCUT2D eigenvalue weighted by Crippen LogP contribution is -2.39. The van der Waals surface area contributed by atoms with Crippen molar-refractivity contribution in [1.82, 2.24) is 15.1 Å². The second-order valence-electron chi connectivity index (χ2n) is 6.16. The largest absolute Gasteiger partial charge is 0.468 e. The van der Waals surface area contributed by atoms with Crippen molar-refractivity contribution in [1.29, 1.82) is 0 Å². The van der Waals surface area contributed by atoms with Crippen LogP contribution < -0.4 is 5.32 Å². The molecule has 0 radical (unpaired) electrons. The van der Waals surface area contributed by atoms with Crippen LogP contribution in [-0.4, -0.2) is 56.1 Å². The highest BCUT2D eigenvalue weighted by Gasteiger charge is 2.21. The minimum Gasteiger partial charge on any atom is -0.468 e. The van der Waals surface area contributed by atoms with E-state index in [9.17, 15) is 0 Å². The third-order valence-corrected chi connectivity index (χ3v) is 4.73. The predicted molar refractivity (Wildman–Crippen MR) is 87.5 cm³/mol. The molecule has 0 bridgehead atoms. The Labute approximate surface area is 129 Å². The van der Waals surface area contributed by atoms with Crippen molar-refractivity contribution in [3.63, 3.8) is 0 Å². The van der Waals surface area contributed by atoms with Gasteiger partial charge in [-0.05, 0) is 70.7 Å². The van der Waals surface area contributed by atoms with Crippen molar-refractivity contribution in [2.24, 2.45) is 5.92 Å². The van der Waals surface area contributed by atoms with Crippen LogP contribution in [0.25, 0.3) is 0 Å². The van der Waals surface area contributed by atoms with Gasteiger partial charge in [0.25, 0.3) is 0 Å². The number of furan rings is 1. The summed E-state index contributed by atoms with van der Waals surface area (Å²) in [6.45, 7) is 11.1. The zero-order valence-corrected chi connectivity index (χ0v) is 13.8. The lowest BCUT2D eigenvalue weighted by molar-refractivity contribution is 0.178. The number of nitrogens with zero attached hydrogens (tertiary/aromatic N) is 2. The summed E-state index contributed by atoms with van der Waals surface area (Å²) in [5, 5.41) is 3.69. The topological polar surface area (TPSA) is 31.6 Å². The Bertz CT molecular complexity index is 367. The fourth-order valence-corrected chi connectivity index (χ4v) is 3.25. The number of likely N-dealkylation sites (N-methyl/N-ethyl adjacent to an activating group) is 1. The summed E-state index contributed by atoms with van der Waals surface area (Å²) in [5.41, 5.74) is 0. The molecule has 21 heavy (non-hydrogen) atoms. The quantitative estimate of drug-likeness (QED) is 0.798. The van der Waals surface area contributed by atoms with E-state index in [2.05, 4.69) is 42.1 Å². The molecule has 4 nitrogen and oxygen atoms in total. The first-order valence-electron chi connectivity index (χ1n) is 8.41. The Hall–Kier alpha value is -0.840. The molecule has 4 heteroatoms. The third kappa shape index (κ3) is 4.83. The zero-order chi connectivity index (χ0) is 15.1. The molecule has 1 aliphatic heterocycles. The average Bonchev–Trinajstić information content (AvgIpc) is 3.02. The number of hydrogen-bond acceptors (Lipinski definition) is 4. The highest BCUT2D eigenvalue weighted by Crippen LogP contribution is 2.21. The lowest BCUT2D eigenvalue weighted by atomic mass is 9.97.